The number of hydrogen-bond donors (Lipinski definition) is 2. The van der Waals surface area contributed by atoms with Gasteiger partial charge in [0.15, 0.2) is 11.6 Å². The number of fused-ring (bicyclic) bond motifs is 1. The lowest BCUT2D eigenvalue weighted by Crippen LogP contribution is -2.37. The minimum absolute atomic E-state index is 0.219. The van der Waals surface area contributed by atoms with Gasteiger partial charge in [-0.3, -0.25) is 4.68 Å². The number of aliphatic hydroxyl groups excluding tert-OH is 1. The first-order valence-corrected chi connectivity index (χ1v) is 13.2. The standard InChI is InChI=1S/C27H29N7O2S/c1-33-10-8-20(32-33)23-21(18-6-4-3-5-7-18)22-24(29-19-14-17(15-19)16-35)30-25(31-27(22)37-23)26-28-9-11-34(26)12-13-36-2/h3-11,17,19,35H,12-16H2,1-2H3,(H,29,30,31)/t17-,19+. The number of hydrogen-bond acceptors (Lipinski definition) is 8. The van der Waals surface area contributed by atoms with Gasteiger partial charge in [0.2, 0.25) is 0 Å². The summed E-state index contributed by atoms with van der Waals surface area (Å²) in [5.41, 5.74) is 3.08. The maximum absolute atomic E-state index is 9.55. The Balaban J connectivity index is 1.56. The molecule has 37 heavy (non-hydrogen) atoms. The van der Waals surface area contributed by atoms with E-state index in [4.69, 9.17) is 19.8 Å². The van der Waals surface area contributed by atoms with E-state index in [1.165, 1.54) is 0 Å². The third-order valence-electron chi connectivity index (χ3n) is 6.85. The minimum Gasteiger partial charge on any atom is -0.396 e. The van der Waals surface area contributed by atoms with Gasteiger partial charge in [-0.2, -0.15) is 5.10 Å². The molecule has 2 N–H and O–H groups in total. The van der Waals surface area contributed by atoms with E-state index in [1.807, 2.05) is 53.0 Å². The summed E-state index contributed by atoms with van der Waals surface area (Å²) in [6, 6.07) is 12.6. The van der Waals surface area contributed by atoms with Crippen LogP contribution in [0.1, 0.15) is 12.8 Å². The van der Waals surface area contributed by atoms with Crippen molar-refractivity contribution in [2.24, 2.45) is 13.0 Å². The maximum Gasteiger partial charge on any atom is 0.199 e. The average Bonchev–Trinajstić information content (AvgIpc) is 3.63. The molecule has 190 valence electrons. The molecule has 1 aromatic carbocycles. The fourth-order valence-corrected chi connectivity index (χ4v) is 6.04. The summed E-state index contributed by atoms with van der Waals surface area (Å²) in [5, 5.41) is 19.0. The highest BCUT2D eigenvalue weighted by Gasteiger charge is 2.31. The molecule has 1 aliphatic carbocycles. The Morgan fingerprint density at radius 1 is 1.14 bits per heavy atom. The maximum atomic E-state index is 9.55. The van der Waals surface area contributed by atoms with Crippen molar-refractivity contribution in [3.63, 3.8) is 0 Å². The highest BCUT2D eigenvalue weighted by Crippen LogP contribution is 2.47. The molecule has 1 aliphatic rings. The molecule has 4 aromatic heterocycles. The van der Waals surface area contributed by atoms with Crippen LogP contribution in [0.15, 0.2) is 55.0 Å². The predicted octanol–water partition coefficient (Wildman–Crippen LogP) is 4.45. The molecule has 0 aliphatic heterocycles. The number of thiophene rings is 1. The van der Waals surface area contributed by atoms with Crippen LogP contribution in [0.25, 0.3) is 43.6 Å². The van der Waals surface area contributed by atoms with Gasteiger partial charge in [0.1, 0.15) is 16.3 Å². The van der Waals surface area contributed by atoms with Crippen molar-refractivity contribution in [3.05, 3.63) is 55.0 Å². The molecule has 0 amide bonds. The number of aromatic nitrogens is 6. The molecular formula is C27H29N7O2S. The van der Waals surface area contributed by atoms with Gasteiger partial charge in [-0.05, 0) is 30.4 Å². The first kappa shape index (κ1) is 23.8. The van der Waals surface area contributed by atoms with E-state index in [2.05, 4.69) is 22.4 Å². The van der Waals surface area contributed by atoms with Gasteiger partial charge < -0.3 is 19.7 Å². The number of imidazole rings is 1. The van der Waals surface area contributed by atoms with Crippen LogP contribution in [0.2, 0.25) is 0 Å². The minimum atomic E-state index is 0.219. The monoisotopic (exact) mass is 515 g/mol. The molecule has 0 atom stereocenters. The Hall–Kier alpha value is -3.60. The van der Waals surface area contributed by atoms with E-state index >= 15 is 0 Å². The highest BCUT2D eigenvalue weighted by atomic mass is 32.1. The predicted molar refractivity (Wildman–Crippen MR) is 145 cm³/mol. The quantitative estimate of drug-likeness (QED) is 0.299. The van der Waals surface area contributed by atoms with E-state index < -0.39 is 0 Å². The van der Waals surface area contributed by atoms with Gasteiger partial charge in [0, 0.05) is 57.5 Å². The largest absolute Gasteiger partial charge is 0.396 e. The fourth-order valence-electron chi connectivity index (χ4n) is 4.88. The second-order valence-corrected chi connectivity index (χ2v) is 10.4. The highest BCUT2D eigenvalue weighted by molar-refractivity contribution is 7.22. The van der Waals surface area contributed by atoms with Gasteiger partial charge in [-0.15, -0.1) is 11.3 Å². The molecule has 6 rings (SSSR count). The zero-order valence-electron chi connectivity index (χ0n) is 20.8. The number of benzene rings is 1. The molecule has 10 heteroatoms. The third-order valence-corrected chi connectivity index (χ3v) is 7.95. The topological polar surface area (TPSA) is 103 Å². The van der Waals surface area contributed by atoms with Crippen molar-refractivity contribution in [1.29, 1.82) is 0 Å². The molecule has 0 saturated heterocycles. The molecule has 0 radical (unpaired) electrons. The second kappa shape index (κ2) is 10.0. The van der Waals surface area contributed by atoms with E-state index in [0.29, 0.717) is 30.7 Å². The van der Waals surface area contributed by atoms with Crippen LogP contribution >= 0.6 is 11.3 Å². The lowest BCUT2D eigenvalue weighted by atomic mass is 9.81. The van der Waals surface area contributed by atoms with Crippen molar-refractivity contribution in [1.82, 2.24) is 29.3 Å². The number of ether oxygens (including phenoxy) is 1. The van der Waals surface area contributed by atoms with Crippen LogP contribution in [0.3, 0.4) is 0 Å². The summed E-state index contributed by atoms with van der Waals surface area (Å²) in [5.74, 6) is 2.41. The van der Waals surface area contributed by atoms with Crippen molar-refractivity contribution >= 4 is 27.4 Å². The molecule has 0 spiro atoms. The van der Waals surface area contributed by atoms with Gasteiger partial charge in [0.05, 0.1) is 16.9 Å². The molecule has 5 aromatic rings. The SMILES string of the molecule is COCCn1ccnc1-c1nc(N[C@H]2C[C@@H](CO)C2)c2c(-c3ccccc3)c(-c3ccn(C)n3)sc2n1. The molecule has 0 bridgehead atoms. The fraction of sp³-hybridized carbons (Fsp3) is 0.333. The van der Waals surface area contributed by atoms with Crippen molar-refractivity contribution < 1.29 is 9.84 Å². The normalized spacial score (nSPS) is 17.3. The Labute approximate surface area is 218 Å². The Morgan fingerprint density at radius 2 is 1.97 bits per heavy atom. The summed E-state index contributed by atoms with van der Waals surface area (Å²) < 4.78 is 9.12. The van der Waals surface area contributed by atoms with Crippen LogP contribution < -0.4 is 5.32 Å². The molecule has 1 fully saturated rings. The molecule has 1 saturated carbocycles. The number of anilines is 1. The first-order valence-electron chi connectivity index (χ1n) is 12.4. The second-order valence-electron chi connectivity index (χ2n) is 9.42. The van der Waals surface area contributed by atoms with Crippen molar-refractivity contribution in [2.45, 2.75) is 25.4 Å². The zero-order chi connectivity index (χ0) is 25.4. The van der Waals surface area contributed by atoms with Gasteiger partial charge >= 0.3 is 0 Å². The van der Waals surface area contributed by atoms with Gasteiger partial charge in [-0.1, -0.05) is 30.3 Å². The van der Waals surface area contributed by atoms with Crippen LogP contribution in [-0.4, -0.2) is 60.8 Å². The molecule has 9 nitrogen and oxygen atoms in total. The van der Waals surface area contributed by atoms with Crippen molar-refractivity contribution in [3.8, 4) is 33.3 Å². The molecule has 4 heterocycles. The van der Waals surface area contributed by atoms with Crippen molar-refractivity contribution in [2.75, 3.05) is 25.6 Å². The van der Waals surface area contributed by atoms with Gasteiger partial charge in [-0.25, -0.2) is 15.0 Å². The van der Waals surface area contributed by atoms with E-state index in [9.17, 15) is 5.11 Å². The number of rotatable bonds is 9. The summed E-state index contributed by atoms with van der Waals surface area (Å²) in [7, 11) is 3.62. The summed E-state index contributed by atoms with van der Waals surface area (Å²) >= 11 is 1.62. The Kier molecular flexibility index (Phi) is 6.45. The van der Waals surface area contributed by atoms with Crippen LogP contribution in [0.5, 0.6) is 0 Å². The lowest BCUT2D eigenvalue weighted by Gasteiger charge is -2.35. The smallest absolute Gasteiger partial charge is 0.199 e. The number of nitrogens with zero attached hydrogens (tertiary/aromatic N) is 6. The van der Waals surface area contributed by atoms with E-state index in [-0.39, 0.29) is 12.6 Å². The number of aryl methyl sites for hydroxylation is 1. The molecule has 0 unspecified atom stereocenters. The van der Waals surface area contributed by atoms with Crippen LogP contribution in [0.4, 0.5) is 5.82 Å². The van der Waals surface area contributed by atoms with Crippen LogP contribution in [-0.2, 0) is 18.3 Å². The molecular weight excluding hydrogens is 486 g/mol. The summed E-state index contributed by atoms with van der Waals surface area (Å²) in [6.45, 7) is 1.45. The number of nitrogens with one attached hydrogen (secondary N) is 1. The average molecular weight is 516 g/mol. The summed E-state index contributed by atoms with van der Waals surface area (Å²) in [6.07, 6.45) is 7.48. The van der Waals surface area contributed by atoms with E-state index in [1.54, 1.807) is 24.6 Å². The third kappa shape index (κ3) is 4.52. The zero-order valence-corrected chi connectivity index (χ0v) is 21.6. The Morgan fingerprint density at radius 3 is 2.70 bits per heavy atom. The number of methoxy groups -OCH3 is 1. The van der Waals surface area contributed by atoms with Crippen LogP contribution in [0, 0.1) is 5.92 Å². The van der Waals surface area contributed by atoms with E-state index in [0.717, 1.165) is 50.6 Å². The number of aliphatic hydroxyl groups is 1. The summed E-state index contributed by atoms with van der Waals surface area (Å²) in [4.78, 5) is 16.6. The van der Waals surface area contributed by atoms with Gasteiger partial charge in [0.25, 0.3) is 0 Å². The Bertz CT molecular complexity index is 1520. The first-order chi connectivity index (χ1) is 18.1. The lowest BCUT2D eigenvalue weighted by molar-refractivity contribution is 0.151.